The lowest BCUT2D eigenvalue weighted by molar-refractivity contribution is 0.251. The third-order valence-electron chi connectivity index (χ3n) is 0.246. The molecular formula is C2H7ClN2O. The summed E-state index contributed by atoms with van der Waals surface area (Å²) in [6, 6.07) is -0.495. The Hall–Kier alpha value is -0.440. The first-order chi connectivity index (χ1) is 2.27. The number of urea groups is 1. The maximum atomic E-state index is 9.48. The van der Waals surface area contributed by atoms with Gasteiger partial charge in [-0.3, -0.25) is 0 Å². The van der Waals surface area contributed by atoms with Crippen molar-refractivity contribution in [1.82, 2.24) is 5.32 Å². The molecule has 0 saturated carbocycles. The van der Waals surface area contributed by atoms with Crippen molar-refractivity contribution in [2.45, 2.75) is 0 Å². The first-order valence-corrected chi connectivity index (χ1v) is 1.24. The van der Waals surface area contributed by atoms with Gasteiger partial charge in [-0.2, -0.15) is 0 Å². The summed E-state index contributed by atoms with van der Waals surface area (Å²) >= 11 is 0. The van der Waals surface area contributed by atoms with Gasteiger partial charge in [-0.25, -0.2) is 4.79 Å². The van der Waals surface area contributed by atoms with Crippen molar-refractivity contribution in [2.24, 2.45) is 5.73 Å². The molecule has 0 aliphatic heterocycles. The molecule has 0 aromatic heterocycles. The largest absolute Gasteiger partial charge is 0.352 e. The molecule has 6 heavy (non-hydrogen) atoms. The number of nitrogens with one attached hydrogen (secondary N) is 1. The van der Waals surface area contributed by atoms with Gasteiger partial charge in [-0.15, -0.1) is 12.4 Å². The average Bonchev–Trinajstić information content (AvgIpc) is 1.38. The van der Waals surface area contributed by atoms with E-state index < -0.39 is 6.03 Å². The van der Waals surface area contributed by atoms with E-state index in [0.717, 1.165) is 0 Å². The summed E-state index contributed by atoms with van der Waals surface area (Å²) in [6.07, 6.45) is 0. The Balaban J connectivity index is 0. The van der Waals surface area contributed by atoms with Gasteiger partial charge in [0.05, 0.1) is 0 Å². The summed E-state index contributed by atoms with van der Waals surface area (Å²) in [6.45, 7) is 0. The predicted molar refractivity (Wildman–Crippen MR) is 25.9 cm³/mol. The molecule has 0 aliphatic rings. The van der Waals surface area contributed by atoms with E-state index in [4.69, 9.17) is 0 Å². The van der Waals surface area contributed by atoms with Crippen LogP contribution in [0.4, 0.5) is 4.79 Å². The van der Waals surface area contributed by atoms with Crippen LogP contribution in [0.25, 0.3) is 0 Å². The van der Waals surface area contributed by atoms with Crippen molar-refractivity contribution in [3.63, 3.8) is 0 Å². The lowest BCUT2D eigenvalue weighted by Gasteiger charge is -1.80. The smallest absolute Gasteiger partial charge is 0.311 e. The van der Waals surface area contributed by atoms with Crippen molar-refractivity contribution in [3.05, 3.63) is 0 Å². The quantitative estimate of drug-likeness (QED) is 0.442. The Morgan fingerprint density at radius 2 is 2.00 bits per heavy atom. The minimum atomic E-state index is -0.495. The second-order valence-corrected chi connectivity index (χ2v) is 0.614. The molecule has 0 spiro atoms. The highest BCUT2D eigenvalue weighted by molar-refractivity contribution is 5.85. The highest BCUT2D eigenvalue weighted by Gasteiger charge is 1.72. The van der Waals surface area contributed by atoms with Crippen LogP contribution in [0.1, 0.15) is 0 Å². The molecule has 2 amide bonds. The fraction of sp³-hybridized carbons (Fsp3) is 0.500. The highest BCUT2D eigenvalue weighted by atomic mass is 35.5. The number of primary amides is 1. The van der Waals surface area contributed by atoms with E-state index in [-0.39, 0.29) is 12.4 Å². The zero-order valence-electron chi connectivity index (χ0n) is 3.39. The van der Waals surface area contributed by atoms with Crippen LogP contribution >= 0.6 is 12.4 Å². The second-order valence-electron chi connectivity index (χ2n) is 0.614. The number of halogens is 1. The summed E-state index contributed by atoms with van der Waals surface area (Å²) in [5.41, 5.74) is 4.54. The Kier molecular flexibility index (Phi) is 6.93. The van der Waals surface area contributed by atoms with Gasteiger partial charge in [0.15, 0.2) is 0 Å². The molecule has 38 valence electrons. The first kappa shape index (κ1) is 9.12. The average molecular weight is 111 g/mol. The molecular weight excluding hydrogens is 103 g/mol. The number of carbonyl (C=O) groups is 1. The molecule has 0 radical (unpaired) electrons. The summed E-state index contributed by atoms with van der Waals surface area (Å²) in [7, 11) is 1.47. The Morgan fingerprint density at radius 3 is 2.00 bits per heavy atom. The van der Waals surface area contributed by atoms with Gasteiger partial charge in [-0.05, 0) is 0 Å². The van der Waals surface area contributed by atoms with Crippen molar-refractivity contribution >= 4 is 18.4 Å². The number of carbonyl (C=O) groups excluding carboxylic acids is 1. The lowest BCUT2D eigenvalue weighted by Crippen LogP contribution is -2.24. The summed E-state index contributed by atoms with van der Waals surface area (Å²) < 4.78 is 0. The second kappa shape index (κ2) is 4.56. The standard InChI is InChI=1S/C2H6N2O.ClH/c1-4-2(3)5;/h1H3,(H3,3,4,5);1H. The van der Waals surface area contributed by atoms with E-state index in [2.05, 4.69) is 11.1 Å². The summed E-state index contributed by atoms with van der Waals surface area (Å²) in [5.74, 6) is 0. The van der Waals surface area contributed by atoms with E-state index in [9.17, 15) is 4.79 Å². The van der Waals surface area contributed by atoms with E-state index in [1.54, 1.807) is 0 Å². The Bertz CT molecular complexity index is 46.8. The van der Waals surface area contributed by atoms with Gasteiger partial charge in [0.25, 0.3) is 0 Å². The van der Waals surface area contributed by atoms with Crippen LogP contribution in [0.2, 0.25) is 0 Å². The van der Waals surface area contributed by atoms with Crippen LogP contribution in [0.15, 0.2) is 0 Å². The molecule has 4 heteroatoms. The fourth-order valence-corrected chi connectivity index (χ4v) is 0. The zero-order valence-corrected chi connectivity index (χ0v) is 4.21. The van der Waals surface area contributed by atoms with Crippen LogP contribution in [-0.4, -0.2) is 13.1 Å². The minimum absolute atomic E-state index is 0. The van der Waals surface area contributed by atoms with Gasteiger partial charge < -0.3 is 11.1 Å². The van der Waals surface area contributed by atoms with Crippen LogP contribution in [0, 0.1) is 0 Å². The van der Waals surface area contributed by atoms with Crippen LogP contribution in [0.3, 0.4) is 0 Å². The van der Waals surface area contributed by atoms with Crippen LogP contribution in [0.5, 0.6) is 0 Å². The van der Waals surface area contributed by atoms with Gasteiger partial charge >= 0.3 is 6.03 Å². The van der Waals surface area contributed by atoms with Crippen molar-refractivity contribution in [1.29, 1.82) is 0 Å². The molecule has 0 fully saturated rings. The zero-order chi connectivity index (χ0) is 4.28. The number of rotatable bonds is 0. The minimum Gasteiger partial charge on any atom is -0.352 e. The predicted octanol–water partition coefficient (Wildman–Crippen LogP) is -0.294. The molecule has 0 bridgehead atoms. The van der Waals surface area contributed by atoms with Gasteiger partial charge in [0.1, 0.15) is 0 Å². The molecule has 0 atom stereocenters. The SMILES string of the molecule is CNC(N)=O.Cl. The third-order valence-corrected chi connectivity index (χ3v) is 0.246. The monoisotopic (exact) mass is 110 g/mol. The molecule has 3 N–H and O–H groups in total. The maximum absolute atomic E-state index is 9.48. The molecule has 0 unspecified atom stereocenters. The number of nitrogens with two attached hydrogens (primary N) is 1. The number of hydrogen-bond donors (Lipinski definition) is 2. The molecule has 0 saturated heterocycles. The van der Waals surface area contributed by atoms with E-state index in [0.29, 0.717) is 0 Å². The van der Waals surface area contributed by atoms with E-state index in [1.165, 1.54) is 7.05 Å². The molecule has 0 aromatic rings. The van der Waals surface area contributed by atoms with Crippen molar-refractivity contribution in [2.75, 3.05) is 7.05 Å². The van der Waals surface area contributed by atoms with Gasteiger partial charge in [0.2, 0.25) is 0 Å². The first-order valence-electron chi connectivity index (χ1n) is 1.24. The fourth-order valence-electron chi connectivity index (χ4n) is 0. The summed E-state index contributed by atoms with van der Waals surface area (Å²) in [5, 5.41) is 2.17. The van der Waals surface area contributed by atoms with E-state index >= 15 is 0 Å². The normalized spacial score (nSPS) is 5.50. The number of amides is 2. The maximum Gasteiger partial charge on any atom is 0.311 e. The third kappa shape index (κ3) is 9.59. The van der Waals surface area contributed by atoms with Crippen LogP contribution in [-0.2, 0) is 0 Å². The topological polar surface area (TPSA) is 55.1 Å². The molecule has 0 heterocycles. The summed E-state index contributed by atoms with van der Waals surface area (Å²) in [4.78, 5) is 9.48. The molecule has 3 nitrogen and oxygen atoms in total. The van der Waals surface area contributed by atoms with Crippen molar-refractivity contribution < 1.29 is 4.79 Å². The molecule has 0 rings (SSSR count). The van der Waals surface area contributed by atoms with Gasteiger partial charge in [-0.1, -0.05) is 0 Å². The van der Waals surface area contributed by atoms with Gasteiger partial charge in [0, 0.05) is 7.05 Å². The van der Waals surface area contributed by atoms with Crippen LogP contribution < -0.4 is 11.1 Å². The lowest BCUT2D eigenvalue weighted by atomic mass is 11.1. The molecule has 0 aromatic carbocycles. The molecule has 0 aliphatic carbocycles. The highest BCUT2D eigenvalue weighted by Crippen LogP contribution is 1.38. The van der Waals surface area contributed by atoms with Crippen molar-refractivity contribution in [3.8, 4) is 0 Å². The number of hydrogen-bond acceptors (Lipinski definition) is 1. The Labute approximate surface area is 42.3 Å². The van der Waals surface area contributed by atoms with E-state index in [1.807, 2.05) is 0 Å². The Morgan fingerprint density at radius 1 is 1.83 bits per heavy atom.